The minimum Gasteiger partial charge on any atom is -0.434 e. The van der Waals surface area contributed by atoms with Crippen molar-refractivity contribution in [2.45, 2.75) is 25.0 Å². The first kappa shape index (κ1) is 12.1. The Labute approximate surface area is 97.3 Å². The van der Waals surface area contributed by atoms with Gasteiger partial charge in [-0.3, -0.25) is 9.69 Å². The summed E-state index contributed by atoms with van der Waals surface area (Å²) in [7, 11) is 2.49. The molecular weight excluding hydrogens is 234 g/mol. The predicted octanol–water partition coefficient (Wildman–Crippen LogP) is 0.898. The number of urea groups is 1. The smallest absolute Gasteiger partial charge is 0.322 e. The van der Waals surface area contributed by atoms with Gasteiger partial charge in [0.15, 0.2) is 0 Å². The summed E-state index contributed by atoms with van der Waals surface area (Å²) in [5.41, 5.74) is 0. The molecule has 1 aliphatic heterocycles. The van der Waals surface area contributed by atoms with Gasteiger partial charge in [0.05, 0.1) is 12.5 Å². The largest absolute Gasteiger partial charge is 0.434 e. The van der Waals surface area contributed by atoms with Crippen LogP contribution in [0.15, 0.2) is 0 Å². The molecule has 96 valence electrons. The van der Waals surface area contributed by atoms with Crippen LogP contribution in [-0.4, -0.2) is 54.6 Å². The first-order valence-corrected chi connectivity index (χ1v) is 5.39. The van der Waals surface area contributed by atoms with Crippen LogP contribution in [0.1, 0.15) is 12.8 Å². The Morgan fingerprint density at radius 1 is 1.41 bits per heavy atom. The molecule has 2 rings (SSSR count). The van der Waals surface area contributed by atoms with Crippen LogP contribution in [0.3, 0.4) is 0 Å². The van der Waals surface area contributed by atoms with Gasteiger partial charge in [-0.2, -0.15) is 8.78 Å². The van der Waals surface area contributed by atoms with E-state index in [1.54, 1.807) is 0 Å². The molecule has 0 aromatic heterocycles. The van der Waals surface area contributed by atoms with E-state index in [9.17, 15) is 18.4 Å². The van der Waals surface area contributed by atoms with Gasteiger partial charge in [-0.15, -0.1) is 0 Å². The van der Waals surface area contributed by atoms with Gasteiger partial charge in [-0.1, -0.05) is 0 Å². The molecule has 1 saturated carbocycles. The molecule has 2 fully saturated rings. The molecule has 1 atom stereocenters. The lowest BCUT2D eigenvalue weighted by molar-refractivity contribution is -0.211. The Hall–Kier alpha value is -1.40. The molecule has 0 bridgehead atoms. The third-order valence-electron chi connectivity index (χ3n) is 2.93. The van der Waals surface area contributed by atoms with Gasteiger partial charge in [0.2, 0.25) is 6.23 Å². The van der Waals surface area contributed by atoms with E-state index in [1.165, 1.54) is 14.1 Å². The highest BCUT2D eigenvalue weighted by molar-refractivity contribution is 5.78. The summed E-state index contributed by atoms with van der Waals surface area (Å²) in [5.74, 6) is -4.16. The normalized spacial score (nSPS) is 28.2. The zero-order chi connectivity index (χ0) is 12.8. The fourth-order valence-corrected chi connectivity index (χ4v) is 1.81. The minimum atomic E-state index is -3.25. The van der Waals surface area contributed by atoms with Crippen molar-refractivity contribution in [3.8, 4) is 0 Å². The van der Waals surface area contributed by atoms with Crippen LogP contribution in [0, 0.1) is 5.92 Å². The van der Waals surface area contributed by atoms with E-state index in [0.29, 0.717) is 12.8 Å². The number of hydrogen-bond donors (Lipinski definition) is 0. The van der Waals surface area contributed by atoms with E-state index in [0.717, 1.165) is 9.80 Å². The Morgan fingerprint density at radius 3 is 2.53 bits per heavy atom. The standard InChI is InChI=1S/C10H14F2N2O3/c1-13-5-10(11,12)8(14(2)9(13)16)17-7(15)6-3-4-6/h6,8H,3-5H2,1-2H3. The number of carbonyl (C=O) groups excluding carboxylic acids is 2. The second kappa shape index (κ2) is 3.82. The molecule has 5 nitrogen and oxygen atoms in total. The molecule has 0 aromatic carbocycles. The molecule has 1 unspecified atom stereocenters. The third kappa shape index (κ3) is 2.18. The van der Waals surface area contributed by atoms with E-state index in [-0.39, 0.29) is 5.92 Å². The molecule has 0 radical (unpaired) electrons. The summed E-state index contributed by atoms with van der Waals surface area (Å²) < 4.78 is 32.1. The molecule has 1 aliphatic carbocycles. The molecule has 0 aromatic rings. The number of alkyl halides is 2. The van der Waals surface area contributed by atoms with Crippen LogP contribution in [0.5, 0.6) is 0 Å². The van der Waals surface area contributed by atoms with Crippen LogP contribution in [0.25, 0.3) is 0 Å². The number of rotatable bonds is 2. The zero-order valence-electron chi connectivity index (χ0n) is 9.65. The lowest BCUT2D eigenvalue weighted by atomic mass is 10.2. The summed E-state index contributed by atoms with van der Waals surface area (Å²) >= 11 is 0. The van der Waals surface area contributed by atoms with Gasteiger partial charge < -0.3 is 9.64 Å². The van der Waals surface area contributed by atoms with Crippen LogP contribution in [-0.2, 0) is 9.53 Å². The molecule has 0 spiro atoms. The second-order valence-corrected chi connectivity index (χ2v) is 4.57. The number of esters is 1. The molecular formula is C10H14F2N2O3. The van der Waals surface area contributed by atoms with Crippen molar-refractivity contribution in [1.82, 2.24) is 9.80 Å². The summed E-state index contributed by atoms with van der Waals surface area (Å²) in [5, 5.41) is 0. The monoisotopic (exact) mass is 248 g/mol. The lowest BCUT2D eigenvalue weighted by Crippen LogP contribution is -2.63. The van der Waals surface area contributed by atoms with Crippen LogP contribution in [0.2, 0.25) is 0 Å². The van der Waals surface area contributed by atoms with Gasteiger partial charge in [-0.05, 0) is 12.8 Å². The maximum atomic E-state index is 13.7. The van der Waals surface area contributed by atoms with E-state index < -0.39 is 30.7 Å². The van der Waals surface area contributed by atoms with Gasteiger partial charge in [0.1, 0.15) is 0 Å². The Morgan fingerprint density at radius 2 is 2.00 bits per heavy atom. The predicted molar refractivity (Wildman–Crippen MR) is 53.3 cm³/mol. The van der Waals surface area contributed by atoms with E-state index in [2.05, 4.69) is 0 Å². The van der Waals surface area contributed by atoms with Gasteiger partial charge in [0.25, 0.3) is 0 Å². The van der Waals surface area contributed by atoms with Crippen molar-refractivity contribution < 1.29 is 23.1 Å². The quantitative estimate of drug-likeness (QED) is 0.682. The number of halogens is 2. The van der Waals surface area contributed by atoms with Gasteiger partial charge >= 0.3 is 17.9 Å². The number of carbonyl (C=O) groups is 2. The van der Waals surface area contributed by atoms with Crippen LogP contribution < -0.4 is 0 Å². The average molecular weight is 248 g/mol. The van der Waals surface area contributed by atoms with Crippen molar-refractivity contribution in [2.75, 3.05) is 20.6 Å². The maximum Gasteiger partial charge on any atom is 0.322 e. The SMILES string of the molecule is CN1CC(F)(F)C(OC(=O)C2CC2)N(C)C1=O. The molecule has 17 heavy (non-hydrogen) atoms. The number of amides is 2. The van der Waals surface area contributed by atoms with Gasteiger partial charge in [0, 0.05) is 14.1 Å². The summed E-state index contributed by atoms with van der Waals surface area (Å²) in [6.45, 7) is -0.737. The zero-order valence-corrected chi connectivity index (χ0v) is 9.65. The lowest BCUT2D eigenvalue weighted by Gasteiger charge is -2.41. The van der Waals surface area contributed by atoms with Crippen LogP contribution >= 0.6 is 0 Å². The first-order chi connectivity index (χ1) is 7.83. The van der Waals surface area contributed by atoms with Crippen molar-refractivity contribution in [2.24, 2.45) is 5.92 Å². The number of hydrogen-bond acceptors (Lipinski definition) is 3. The molecule has 1 saturated heterocycles. The van der Waals surface area contributed by atoms with Crippen molar-refractivity contribution in [3.63, 3.8) is 0 Å². The van der Waals surface area contributed by atoms with Crippen LogP contribution in [0.4, 0.5) is 13.6 Å². The fraction of sp³-hybridized carbons (Fsp3) is 0.800. The number of nitrogens with zero attached hydrogens (tertiary/aromatic N) is 2. The topological polar surface area (TPSA) is 49.9 Å². The molecule has 2 aliphatic rings. The summed E-state index contributed by atoms with van der Waals surface area (Å²) in [4.78, 5) is 24.6. The highest BCUT2D eigenvalue weighted by Gasteiger charge is 2.53. The molecule has 7 heteroatoms. The van der Waals surface area contributed by atoms with Gasteiger partial charge in [-0.25, -0.2) is 4.79 Å². The Balaban J connectivity index is 2.11. The van der Waals surface area contributed by atoms with E-state index in [4.69, 9.17) is 4.74 Å². The van der Waals surface area contributed by atoms with E-state index in [1.807, 2.05) is 0 Å². The first-order valence-electron chi connectivity index (χ1n) is 5.39. The average Bonchev–Trinajstić information content (AvgIpc) is 3.04. The summed E-state index contributed by atoms with van der Waals surface area (Å²) in [6.07, 6.45) is -0.442. The highest BCUT2D eigenvalue weighted by atomic mass is 19.3. The van der Waals surface area contributed by atoms with Crippen molar-refractivity contribution in [1.29, 1.82) is 0 Å². The molecule has 0 N–H and O–H groups in total. The maximum absolute atomic E-state index is 13.7. The molecule has 1 heterocycles. The van der Waals surface area contributed by atoms with Crippen molar-refractivity contribution in [3.05, 3.63) is 0 Å². The second-order valence-electron chi connectivity index (χ2n) is 4.57. The number of ether oxygens (including phenoxy) is 1. The van der Waals surface area contributed by atoms with E-state index >= 15 is 0 Å². The fourth-order valence-electron chi connectivity index (χ4n) is 1.81. The highest BCUT2D eigenvalue weighted by Crippen LogP contribution is 2.34. The Bertz CT molecular complexity index is 357. The molecule has 2 amide bonds. The Kier molecular flexibility index (Phi) is 2.71. The third-order valence-corrected chi connectivity index (χ3v) is 2.93. The minimum absolute atomic E-state index is 0.269. The summed E-state index contributed by atoms with van der Waals surface area (Å²) in [6, 6.07) is -0.579. The van der Waals surface area contributed by atoms with Crippen molar-refractivity contribution >= 4 is 12.0 Å².